The molecule has 170 valence electrons. The summed E-state index contributed by atoms with van der Waals surface area (Å²) in [5, 5.41) is 19.3. The van der Waals surface area contributed by atoms with Gasteiger partial charge in [0.2, 0.25) is 11.9 Å². The summed E-state index contributed by atoms with van der Waals surface area (Å²) in [4.78, 5) is 24.2. The van der Waals surface area contributed by atoms with Crippen molar-refractivity contribution < 1.29 is 14.6 Å². The van der Waals surface area contributed by atoms with Crippen LogP contribution in [0.2, 0.25) is 0 Å². The highest BCUT2D eigenvalue weighted by molar-refractivity contribution is 5.95. The predicted molar refractivity (Wildman–Crippen MR) is 127 cm³/mol. The van der Waals surface area contributed by atoms with E-state index in [4.69, 9.17) is 4.74 Å². The van der Waals surface area contributed by atoms with Gasteiger partial charge in [-0.05, 0) is 42.0 Å². The SMILES string of the molecule is O=C1Nc2cccc(c2)-c2ccnc(n2)Nc2ccc(N3CCOCC3)c(c2)CN[C@H]1CO. The second kappa shape index (κ2) is 9.53. The van der Waals surface area contributed by atoms with Gasteiger partial charge < -0.3 is 25.4 Å². The third-order valence-electron chi connectivity index (χ3n) is 5.81. The molecule has 33 heavy (non-hydrogen) atoms. The van der Waals surface area contributed by atoms with Crippen molar-refractivity contribution in [3.8, 4) is 11.3 Å². The third kappa shape index (κ3) is 4.80. The number of hydrogen-bond donors (Lipinski definition) is 4. The van der Waals surface area contributed by atoms with Crippen LogP contribution in [0.25, 0.3) is 11.3 Å². The maximum Gasteiger partial charge on any atom is 0.243 e. The number of aromatic nitrogens is 2. The number of nitrogens with one attached hydrogen (secondary N) is 3. The number of hydrogen-bond acceptors (Lipinski definition) is 8. The molecule has 4 N–H and O–H groups in total. The molecule has 0 saturated carbocycles. The summed E-state index contributed by atoms with van der Waals surface area (Å²) in [6, 6.07) is 14.6. The number of rotatable bonds is 2. The van der Waals surface area contributed by atoms with Crippen LogP contribution >= 0.6 is 0 Å². The van der Waals surface area contributed by atoms with Crippen LogP contribution in [0.5, 0.6) is 0 Å². The minimum atomic E-state index is -0.756. The molecule has 0 unspecified atom stereocenters. The highest BCUT2D eigenvalue weighted by atomic mass is 16.5. The van der Waals surface area contributed by atoms with E-state index in [0.29, 0.717) is 31.4 Å². The summed E-state index contributed by atoms with van der Waals surface area (Å²) in [5.41, 5.74) is 5.13. The van der Waals surface area contributed by atoms with Crippen molar-refractivity contribution in [3.63, 3.8) is 0 Å². The Balaban J connectivity index is 1.55. The van der Waals surface area contributed by atoms with Gasteiger partial charge in [-0.15, -0.1) is 0 Å². The topological polar surface area (TPSA) is 112 Å². The number of nitrogens with zero attached hydrogens (tertiary/aromatic N) is 3. The van der Waals surface area contributed by atoms with Crippen LogP contribution in [-0.4, -0.2) is 59.9 Å². The molecule has 0 spiro atoms. The predicted octanol–water partition coefficient (Wildman–Crippen LogP) is 2.13. The van der Waals surface area contributed by atoms with Crippen LogP contribution in [0, 0.1) is 0 Å². The molecule has 2 aliphatic heterocycles. The van der Waals surface area contributed by atoms with Crippen molar-refractivity contribution in [2.75, 3.05) is 48.4 Å². The van der Waals surface area contributed by atoms with E-state index in [1.165, 1.54) is 0 Å². The molecular formula is C24H26N6O3. The number of benzene rings is 2. The molecule has 9 heteroatoms. The van der Waals surface area contributed by atoms with E-state index >= 15 is 0 Å². The molecule has 1 atom stereocenters. The van der Waals surface area contributed by atoms with Crippen LogP contribution in [0.3, 0.4) is 0 Å². The molecule has 1 fully saturated rings. The molecule has 6 bridgehead atoms. The maximum absolute atomic E-state index is 12.9. The van der Waals surface area contributed by atoms with E-state index in [1.807, 2.05) is 42.5 Å². The molecule has 1 amide bonds. The summed E-state index contributed by atoms with van der Waals surface area (Å²) in [7, 11) is 0. The smallest absolute Gasteiger partial charge is 0.243 e. The van der Waals surface area contributed by atoms with Gasteiger partial charge in [-0.25, -0.2) is 9.97 Å². The molecule has 3 aromatic rings. The van der Waals surface area contributed by atoms with E-state index in [-0.39, 0.29) is 12.5 Å². The van der Waals surface area contributed by atoms with Gasteiger partial charge in [-0.1, -0.05) is 12.1 Å². The number of ether oxygens (including phenoxy) is 1. The van der Waals surface area contributed by atoms with Crippen molar-refractivity contribution in [2.24, 2.45) is 0 Å². The fraction of sp³-hybridized carbons (Fsp3) is 0.292. The number of amides is 1. The Labute approximate surface area is 191 Å². The van der Waals surface area contributed by atoms with Crippen molar-refractivity contribution in [1.29, 1.82) is 0 Å². The fourth-order valence-corrected chi connectivity index (χ4v) is 4.09. The molecule has 1 saturated heterocycles. The molecule has 9 nitrogen and oxygen atoms in total. The standard InChI is InChI=1S/C24H26N6O3/c31-15-21-23(32)27-18-3-1-2-16(12-18)20-6-7-25-24(29-20)28-19-4-5-22(17(13-19)14-26-21)30-8-10-33-11-9-30/h1-7,12-13,21,26,31H,8-11,14-15H2,(H,27,32)(H,25,28,29)/t21-/m0/s1. The Hall–Kier alpha value is -3.53. The highest BCUT2D eigenvalue weighted by Crippen LogP contribution is 2.28. The largest absolute Gasteiger partial charge is 0.394 e. The van der Waals surface area contributed by atoms with Gasteiger partial charge in [0, 0.05) is 48.5 Å². The fourth-order valence-electron chi connectivity index (χ4n) is 4.09. The second-order valence-corrected chi connectivity index (χ2v) is 8.02. The number of carbonyl (C=O) groups excluding carboxylic acids is 1. The minimum absolute atomic E-state index is 0.296. The van der Waals surface area contributed by atoms with Crippen molar-refractivity contribution in [2.45, 2.75) is 12.6 Å². The summed E-state index contributed by atoms with van der Waals surface area (Å²) in [6.45, 7) is 3.03. The van der Waals surface area contributed by atoms with Gasteiger partial charge in [0.1, 0.15) is 6.04 Å². The lowest BCUT2D eigenvalue weighted by Crippen LogP contribution is -2.43. The van der Waals surface area contributed by atoms with E-state index in [0.717, 1.165) is 41.3 Å². The summed E-state index contributed by atoms with van der Waals surface area (Å²) < 4.78 is 5.50. The summed E-state index contributed by atoms with van der Waals surface area (Å²) in [5.74, 6) is 0.193. The Morgan fingerprint density at radius 2 is 1.91 bits per heavy atom. The van der Waals surface area contributed by atoms with E-state index in [9.17, 15) is 9.90 Å². The Bertz CT molecular complexity index is 1150. The normalized spacial score (nSPS) is 18.5. The van der Waals surface area contributed by atoms with Gasteiger partial charge in [0.15, 0.2) is 0 Å². The molecule has 2 aromatic carbocycles. The molecule has 1 aromatic heterocycles. The van der Waals surface area contributed by atoms with Gasteiger partial charge in [0.25, 0.3) is 0 Å². The maximum atomic E-state index is 12.9. The number of fused-ring (bicyclic) bond motifs is 7. The molecule has 0 radical (unpaired) electrons. The van der Waals surface area contributed by atoms with Crippen LogP contribution in [-0.2, 0) is 16.1 Å². The van der Waals surface area contributed by atoms with Gasteiger partial charge in [0.05, 0.1) is 25.5 Å². The Morgan fingerprint density at radius 3 is 2.76 bits per heavy atom. The van der Waals surface area contributed by atoms with Gasteiger partial charge in [-0.2, -0.15) is 0 Å². The van der Waals surface area contributed by atoms with Crippen molar-refractivity contribution in [3.05, 3.63) is 60.3 Å². The Morgan fingerprint density at radius 1 is 1.06 bits per heavy atom. The number of carbonyl (C=O) groups is 1. The highest BCUT2D eigenvalue weighted by Gasteiger charge is 2.21. The third-order valence-corrected chi connectivity index (χ3v) is 5.81. The van der Waals surface area contributed by atoms with Crippen LogP contribution < -0.4 is 20.9 Å². The van der Waals surface area contributed by atoms with E-state index < -0.39 is 6.04 Å². The average Bonchev–Trinajstić information content (AvgIpc) is 2.85. The lowest BCUT2D eigenvalue weighted by molar-refractivity contribution is -0.119. The lowest BCUT2D eigenvalue weighted by atomic mass is 10.1. The molecule has 5 rings (SSSR count). The first-order valence-electron chi connectivity index (χ1n) is 11.0. The molecule has 3 heterocycles. The van der Waals surface area contributed by atoms with Crippen molar-refractivity contribution in [1.82, 2.24) is 15.3 Å². The zero-order chi connectivity index (χ0) is 22.6. The second-order valence-electron chi connectivity index (χ2n) is 8.02. The number of aliphatic hydroxyl groups excluding tert-OH is 1. The molecule has 0 aliphatic carbocycles. The molecule has 2 aliphatic rings. The quantitative estimate of drug-likeness (QED) is 0.474. The first-order chi connectivity index (χ1) is 16.2. The number of anilines is 4. The van der Waals surface area contributed by atoms with Gasteiger partial charge >= 0.3 is 0 Å². The van der Waals surface area contributed by atoms with Crippen LogP contribution in [0.15, 0.2) is 54.7 Å². The zero-order valence-corrected chi connectivity index (χ0v) is 18.1. The first kappa shape index (κ1) is 21.3. The Kier molecular flexibility index (Phi) is 6.16. The van der Waals surface area contributed by atoms with E-state index in [2.05, 4.69) is 36.9 Å². The van der Waals surface area contributed by atoms with Gasteiger partial charge in [-0.3, -0.25) is 10.1 Å². The van der Waals surface area contributed by atoms with Crippen molar-refractivity contribution >= 4 is 28.9 Å². The summed E-state index contributed by atoms with van der Waals surface area (Å²) >= 11 is 0. The first-order valence-corrected chi connectivity index (χ1v) is 11.0. The van der Waals surface area contributed by atoms with Crippen LogP contribution in [0.4, 0.5) is 23.0 Å². The van der Waals surface area contributed by atoms with Crippen LogP contribution in [0.1, 0.15) is 5.56 Å². The van der Waals surface area contributed by atoms with E-state index in [1.54, 1.807) is 6.20 Å². The minimum Gasteiger partial charge on any atom is -0.394 e. The lowest BCUT2D eigenvalue weighted by Gasteiger charge is -2.31. The molecular weight excluding hydrogens is 420 g/mol. The monoisotopic (exact) mass is 446 g/mol. The number of aliphatic hydroxyl groups is 1. The average molecular weight is 447 g/mol. The number of morpholine rings is 1. The zero-order valence-electron chi connectivity index (χ0n) is 18.1. The summed E-state index contributed by atoms with van der Waals surface area (Å²) in [6.07, 6.45) is 1.71.